The lowest BCUT2D eigenvalue weighted by atomic mass is 10.1. The van der Waals surface area contributed by atoms with E-state index in [1.54, 1.807) is 12.1 Å². The fourth-order valence-corrected chi connectivity index (χ4v) is 1.85. The Morgan fingerprint density at radius 2 is 2.00 bits per heavy atom. The number of nitrogens with zero attached hydrogens (tertiary/aromatic N) is 1. The molecule has 2 N–H and O–H groups in total. The lowest BCUT2D eigenvalue weighted by Gasteiger charge is -2.15. The minimum atomic E-state index is -4.79. The first-order valence-electron chi connectivity index (χ1n) is 5.78. The molecule has 0 amide bonds. The molecule has 0 aliphatic heterocycles. The molecule has 0 bridgehead atoms. The van der Waals surface area contributed by atoms with Gasteiger partial charge in [0.15, 0.2) is 5.69 Å². The van der Waals surface area contributed by atoms with Crippen LogP contribution in [-0.2, 0) is 10.9 Å². The van der Waals surface area contributed by atoms with Crippen LogP contribution < -0.4 is 5.73 Å². The number of hydrogen-bond acceptors (Lipinski definition) is 4. The maximum atomic E-state index is 13.0. The van der Waals surface area contributed by atoms with E-state index in [2.05, 4.69) is 9.72 Å². The molecule has 0 radical (unpaired) electrons. The molecule has 4 nitrogen and oxygen atoms in total. The summed E-state index contributed by atoms with van der Waals surface area (Å²) in [6, 6.07) is 6.04. The normalized spacial score (nSPS) is 11.6. The van der Waals surface area contributed by atoms with Crippen molar-refractivity contribution in [2.75, 3.05) is 12.3 Å². The van der Waals surface area contributed by atoms with E-state index < -0.39 is 23.4 Å². The zero-order chi connectivity index (χ0) is 14.9. The van der Waals surface area contributed by atoms with Crippen LogP contribution in [0.4, 0.5) is 18.9 Å². The van der Waals surface area contributed by atoms with Crippen molar-refractivity contribution in [3.8, 4) is 0 Å². The Morgan fingerprint density at radius 1 is 1.35 bits per heavy atom. The molecular weight excluding hydrogens is 273 g/mol. The average molecular weight is 284 g/mol. The van der Waals surface area contributed by atoms with Gasteiger partial charge in [-0.2, -0.15) is 13.2 Å². The number of benzene rings is 1. The smallest absolute Gasteiger partial charge is 0.434 e. The quantitative estimate of drug-likeness (QED) is 0.861. The van der Waals surface area contributed by atoms with Gasteiger partial charge in [-0.05, 0) is 13.0 Å². The number of carbonyl (C=O) groups excluding carboxylic acids is 1. The molecular formula is C13H11F3N2O2. The molecule has 1 aromatic heterocycles. The van der Waals surface area contributed by atoms with Gasteiger partial charge in [0.1, 0.15) is 5.56 Å². The number of esters is 1. The number of carbonyl (C=O) groups is 1. The number of fused-ring (bicyclic) bond motifs is 1. The first-order valence-corrected chi connectivity index (χ1v) is 5.78. The van der Waals surface area contributed by atoms with Gasteiger partial charge in [-0.25, -0.2) is 9.78 Å². The predicted octanol–water partition coefficient (Wildman–Crippen LogP) is 3.01. The highest BCUT2D eigenvalue weighted by atomic mass is 19.4. The van der Waals surface area contributed by atoms with Gasteiger partial charge >= 0.3 is 12.1 Å². The first kappa shape index (κ1) is 14.1. The number of aromatic nitrogens is 1. The summed E-state index contributed by atoms with van der Waals surface area (Å²) in [5.74, 6) is -1.13. The van der Waals surface area contributed by atoms with Crippen molar-refractivity contribution in [2.45, 2.75) is 13.1 Å². The highest BCUT2D eigenvalue weighted by molar-refractivity contribution is 6.05. The van der Waals surface area contributed by atoms with E-state index in [1.165, 1.54) is 19.1 Å². The lowest BCUT2D eigenvalue weighted by molar-refractivity contribution is -0.141. The van der Waals surface area contributed by atoms with Crippen molar-refractivity contribution in [3.05, 3.63) is 35.5 Å². The summed E-state index contributed by atoms with van der Waals surface area (Å²) in [7, 11) is 0. The number of nitrogen functional groups attached to an aromatic ring is 1. The van der Waals surface area contributed by atoms with Crippen molar-refractivity contribution >= 4 is 22.6 Å². The van der Waals surface area contributed by atoms with Crippen LogP contribution in [0.15, 0.2) is 24.3 Å². The van der Waals surface area contributed by atoms with Crippen LogP contribution in [0.5, 0.6) is 0 Å². The number of ether oxygens (including phenoxy) is 1. The number of nitrogens with two attached hydrogens (primary N) is 1. The summed E-state index contributed by atoms with van der Waals surface area (Å²) in [5.41, 5.74) is 3.44. The third-order valence-electron chi connectivity index (χ3n) is 2.68. The van der Waals surface area contributed by atoms with Crippen LogP contribution in [-0.4, -0.2) is 17.6 Å². The molecule has 1 aromatic carbocycles. The highest BCUT2D eigenvalue weighted by Crippen LogP contribution is 2.36. The summed E-state index contributed by atoms with van der Waals surface area (Å²) in [6.45, 7) is 1.44. The molecule has 0 saturated carbocycles. The lowest BCUT2D eigenvalue weighted by Crippen LogP contribution is -2.19. The molecule has 0 aliphatic rings. The monoisotopic (exact) mass is 284 g/mol. The molecule has 2 rings (SSSR count). The van der Waals surface area contributed by atoms with E-state index in [0.717, 1.165) is 0 Å². The van der Waals surface area contributed by atoms with Crippen LogP contribution in [0.3, 0.4) is 0 Å². The second-order valence-corrected chi connectivity index (χ2v) is 3.98. The van der Waals surface area contributed by atoms with Gasteiger partial charge in [-0.1, -0.05) is 18.2 Å². The third kappa shape index (κ3) is 2.38. The summed E-state index contributed by atoms with van der Waals surface area (Å²) in [5, 5.41) is 0.281. The molecule has 7 heteroatoms. The number of anilines is 1. The van der Waals surface area contributed by atoms with Gasteiger partial charge in [0, 0.05) is 5.39 Å². The molecule has 0 atom stereocenters. The minimum Gasteiger partial charge on any atom is -0.462 e. The van der Waals surface area contributed by atoms with Crippen LogP contribution in [0.1, 0.15) is 23.0 Å². The Morgan fingerprint density at radius 3 is 2.60 bits per heavy atom. The van der Waals surface area contributed by atoms with Crippen molar-refractivity contribution in [1.29, 1.82) is 0 Å². The standard InChI is InChI=1S/C13H11F3N2O2/c1-2-20-12(19)9-10(17)7-5-3-4-6-8(7)18-11(9)13(14,15)16/h3-6H,2H2,1H3,(H2,17,18). The van der Waals surface area contributed by atoms with Crippen LogP contribution in [0.25, 0.3) is 10.9 Å². The Bertz CT molecular complexity index is 668. The molecule has 1 heterocycles. The summed E-state index contributed by atoms with van der Waals surface area (Å²) >= 11 is 0. The van der Waals surface area contributed by atoms with Crippen molar-refractivity contribution < 1.29 is 22.7 Å². The molecule has 20 heavy (non-hydrogen) atoms. The van der Waals surface area contributed by atoms with Gasteiger partial charge in [0.2, 0.25) is 0 Å². The predicted molar refractivity (Wildman–Crippen MR) is 67.1 cm³/mol. The highest BCUT2D eigenvalue weighted by Gasteiger charge is 2.39. The maximum absolute atomic E-state index is 13.0. The van der Waals surface area contributed by atoms with Crippen LogP contribution in [0.2, 0.25) is 0 Å². The number of pyridine rings is 1. The van der Waals surface area contributed by atoms with E-state index in [4.69, 9.17) is 5.73 Å². The second-order valence-electron chi connectivity index (χ2n) is 3.98. The molecule has 2 aromatic rings. The van der Waals surface area contributed by atoms with Gasteiger partial charge in [-0.15, -0.1) is 0 Å². The zero-order valence-electron chi connectivity index (χ0n) is 10.5. The largest absolute Gasteiger partial charge is 0.462 e. The van der Waals surface area contributed by atoms with E-state index in [0.29, 0.717) is 0 Å². The molecule has 0 fully saturated rings. The minimum absolute atomic E-state index is 0.0532. The van der Waals surface area contributed by atoms with E-state index in [9.17, 15) is 18.0 Å². The van der Waals surface area contributed by atoms with Gasteiger partial charge < -0.3 is 10.5 Å². The van der Waals surface area contributed by atoms with Gasteiger partial charge in [0.05, 0.1) is 17.8 Å². The fraction of sp³-hybridized carbons (Fsp3) is 0.231. The number of halogens is 3. The summed E-state index contributed by atoms with van der Waals surface area (Å²) in [6.07, 6.45) is -4.79. The van der Waals surface area contributed by atoms with E-state index in [-0.39, 0.29) is 23.2 Å². The summed E-state index contributed by atoms with van der Waals surface area (Å²) in [4.78, 5) is 15.2. The van der Waals surface area contributed by atoms with Crippen molar-refractivity contribution in [3.63, 3.8) is 0 Å². The summed E-state index contributed by atoms with van der Waals surface area (Å²) < 4.78 is 43.7. The number of rotatable bonds is 2. The topological polar surface area (TPSA) is 65.2 Å². The fourth-order valence-electron chi connectivity index (χ4n) is 1.85. The molecule has 0 aliphatic carbocycles. The SMILES string of the molecule is CCOC(=O)c1c(C(F)(F)F)nc2ccccc2c1N. The molecule has 106 valence electrons. The number of hydrogen-bond donors (Lipinski definition) is 1. The molecule has 0 unspecified atom stereocenters. The van der Waals surface area contributed by atoms with Gasteiger partial charge in [-0.3, -0.25) is 0 Å². The van der Waals surface area contributed by atoms with Gasteiger partial charge in [0.25, 0.3) is 0 Å². The van der Waals surface area contributed by atoms with Crippen molar-refractivity contribution in [2.24, 2.45) is 0 Å². The maximum Gasteiger partial charge on any atom is 0.434 e. The Kier molecular flexibility index (Phi) is 3.52. The van der Waals surface area contributed by atoms with E-state index >= 15 is 0 Å². The van der Waals surface area contributed by atoms with Crippen LogP contribution in [0, 0.1) is 0 Å². The third-order valence-corrected chi connectivity index (χ3v) is 2.68. The van der Waals surface area contributed by atoms with E-state index in [1.807, 2.05) is 0 Å². The molecule has 0 saturated heterocycles. The Balaban J connectivity index is 2.80. The van der Waals surface area contributed by atoms with Crippen molar-refractivity contribution in [1.82, 2.24) is 4.98 Å². The average Bonchev–Trinajstić information content (AvgIpc) is 2.37. The zero-order valence-corrected chi connectivity index (χ0v) is 10.5. The first-order chi connectivity index (χ1) is 9.36. The second kappa shape index (κ2) is 4.99. The number of alkyl halides is 3. The number of para-hydroxylation sites is 1. The Labute approximate surface area is 112 Å². The Hall–Kier alpha value is -2.31. The molecule has 0 spiro atoms. The van der Waals surface area contributed by atoms with Crippen LogP contribution >= 0.6 is 0 Å².